The van der Waals surface area contributed by atoms with Gasteiger partial charge >= 0.3 is 0 Å². The molecule has 2 unspecified atom stereocenters. The van der Waals surface area contributed by atoms with Crippen molar-refractivity contribution in [3.05, 3.63) is 17.5 Å². The molecular weight excluding hydrogens is 292 g/mol. The van der Waals surface area contributed by atoms with Crippen LogP contribution in [0.3, 0.4) is 0 Å². The van der Waals surface area contributed by atoms with E-state index >= 15 is 0 Å². The summed E-state index contributed by atoms with van der Waals surface area (Å²) in [5.74, 6) is 1.28. The van der Waals surface area contributed by atoms with Crippen LogP contribution in [-0.2, 0) is 9.47 Å². The molecule has 1 aromatic heterocycles. The van der Waals surface area contributed by atoms with E-state index in [2.05, 4.69) is 20.2 Å². The summed E-state index contributed by atoms with van der Waals surface area (Å²) in [6, 6.07) is 0.428. The zero-order chi connectivity index (χ0) is 14.5. The van der Waals surface area contributed by atoms with Gasteiger partial charge in [-0.25, -0.2) is 4.98 Å². The third-order valence-electron chi connectivity index (χ3n) is 4.12. The van der Waals surface area contributed by atoms with Crippen molar-refractivity contribution in [3.8, 4) is 0 Å². The first-order chi connectivity index (χ1) is 10.3. The Balaban J connectivity index is 1.63. The lowest BCUT2D eigenvalue weighted by molar-refractivity contribution is 0.00459. The van der Waals surface area contributed by atoms with E-state index in [0.717, 1.165) is 58.3 Å². The molecule has 6 nitrogen and oxygen atoms in total. The summed E-state index contributed by atoms with van der Waals surface area (Å²) in [5.41, 5.74) is 0. The molecule has 21 heavy (non-hydrogen) atoms. The zero-order valence-corrected chi connectivity index (χ0v) is 12.8. The lowest BCUT2D eigenvalue weighted by Gasteiger charge is -2.37. The monoisotopic (exact) mass is 312 g/mol. The van der Waals surface area contributed by atoms with Crippen LogP contribution in [0.1, 0.15) is 6.42 Å². The van der Waals surface area contributed by atoms with Gasteiger partial charge < -0.3 is 14.8 Å². The maximum Gasteiger partial charge on any atom is 0.149 e. The Labute approximate surface area is 129 Å². The normalized spacial score (nSPS) is 24.9. The largest absolute Gasteiger partial charge is 0.381 e. The Bertz CT molecular complexity index is 450. The van der Waals surface area contributed by atoms with Gasteiger partial charge in [-0.2, -0.15) is 0 Å². The summed E-state index contributed by atoms with van der Waals surface area (Å²) in [6.45, 7) is 6.09. The molecule has 0 spiro atoms. The van der Waals surface area contributed by atoms with Gasteiger partial charge in [-0.3, -0.25) is 9.88 Å². The Morgan fingerprint density at radius 1 is 1.29 bits per heavy atom. The first-order valence-corrected chi connectivity index (χ1v) is 7.81. The second kappa shape index (κ2) is 7.35. The molecule has 116 valence electrons. The van der Waals surface area contributed by atoms with Crippen molar-refractivity contribution >= 4 is 17.4 Å². The smallest absolute Gasteiger partial charge is 0.149 e. The highest BCUT2D eigenvalue weighted by molar-refractivity contribution is 6.29. The number of halogens is 1. The van der Waals surface area contributed by atoms with Gasteiger partial charge in [0.1, 0.15) is 11.0 Å². The standard InChI is InChI=1S/C14H21ClN4O2/c15-13-8-16-9-14(18-13)17-7-12(11-1-4-21-10-11)19-2-5-20-6-3-19/h8-9,11-12H,1-7,10H2,(H,17,18). The van der Waals surface area contributed by atoms with E-state index in [1.165, 1.54) is 6.20 Å². The van der Waals surface area contributed by atoms with Crippen molar-refractivity contribution in [1.82, 2.24) is 14.9 Å². The molecular formula is C14H21ClN4O2. The van der Waals surface area contributed by atoms with Gasteiger partial charge in [0.2, 0.25) is 0 Å². The van der Waals surface area contributed by atoms with Crippen molar-refractivity contribution in [2.45, 2.75) is 12.5 Å². The molecule has 2 aliphatic heterocycles. The first-order valence-electron chi connectivity index (χ1n) is 7.44. The Hall–Kier alpha value is -0.950. The number of nitrogens with zero attached hydrogens (tertiary/aromatic N) is 3. The number of hydrogen-bond acceptors (Lipinski definition) is 6. The fourth-order valence-corrected chi connectivity index (χ4v) is 3.14. The van der Waals surface area contributed by atoms with Gasteiger partial charge in [-0.05, 0) is 6.42 Å². The number of nitrogens with one attached hydrogen (secondary N) is 1. The van der Waals surface area contributed by atoms with E-state index in [1.54, 1.807) is 6.20 Å². The molecule has 1 N–H and O–H groups in total. The summed E-state index contributed by atoms with van der Waals surface area (Å²) in [7, 11) is 0. The SMILES string of the molecule is Clc1cncc(NCC(C2CCOC2)N2CCOCC2)n1. The quantitative estimate of drug-likeness (QED) is 0.884. The average molecular weight is 313 g/mol. The van der Waals surface area contributed by atoms with Crippen LogP contribution in [-0.4, -0.2) is 67.0 Å². The third-order valence-corrected chi connectivity index (χ3v) is 4.30. The van der Waals surface area contributed by atoms with E-state index in [9.17, 15) is 0 Å². The third kappa shape index (κ3) is 4.03. The molecule has 0 amide bonds. The Morgan fingerprint density at radius 2 is 2.14 bits per heavy atom. The van der Waals surface area contributed by atoms with Crippen LogP contribution in [0.25, 0.3) is 0 Å². The Morgan fingerprint density at radius 3 is 2.86 bits per heavy atom. The summed E-state index contributed by atoms with van der Waals surface area (Å²) in [4.78, 5) is 10.8. The first kappa shape index (κ1) is 15.0. The predicted molar refractivity (Wildman–Crippen MR) is 80.6 cm³/mol. The minimum atomic E-state index is 0.409. The molecule has 2 fully saturated rings. The fourth-order valence-electron chi connectivity index (χ4n) is 3.00. The number of morpholine rings is 1. The van der Waals surface area contributed by atoms with E-state index < -0.39 is 0 Å². The van der Waals surface area contributed by atoms with Crippen LogP contribution >= 0.6 is 11.6 Å². The molecule has 2 saturated heterocycles. The van der Waals surface area contributed by atoms with Crippen molar-refractivity contribution < 1.29 is 9.47 Å². The van der Waals surface area contributed by atoms with Crippen LogP contribution < -0.4 is 5.32 Å². The molecule has 0 bridgehead atoms. The number of hydrogen-bond donors (Lipinski definition) is 1. The summed E-state index contributed by atoms with van der Waals surface area (Å²) in [6.07, 6.45) is 4.36. The Kier molecular flexibility index (Phi) is 5.24. The summed E-state index contributed by atoms with van der Waals surface area (Å²) >= 11 is 5.88. The van der Waals surface area contributed by atoms with Gasteiger partial charge in [0, 0.05) is 38.2 Å². The highest BCUT2D eigenvalue weighted by atomic mass is 35.5. The number of ether oxygens (including phenoxy) is 2. The summed E-state index contributed by atoms with van der Waals surface area (Å²) in [5, 5.41) is 3.77. The van der Waals surface area contributed by atoms with Crippen molar-refractivity contribution in [2.75, 3.05) is 51.4 Å². The maximum absolute atomic E-state index is 5.88. The van der Waals surface area contributed by atoms with Crippen LogP contribution in [0.15, 0.2) is 12.4 Å². The van der Waals surface area contributed by atoms with Crippen LogP contribution in [0, 0.1) is 5.92 Å². The average Bonchev–Trinajstić information content (AvgIpc) is 3.03. The number of aromatic nitrogens is 2. The van der Waals surface area contributed by atoms with E-state index in [1.807, 2.05) is 0 Å². The second-order valence-electron chi connectivity index (χ2n) is 5.45. The minimum Gasteiger partial charge on any atom is -0.381 e. The summed E-state index contributed by atoms with van der Waals surface area (Å²) < 4.78 is 11.0. The number of rotatable bonds is 5. The van der Waals surface area contributed by atoms with Gasteiger partial charge in [0.15, 0.2) is 0 Å². The molecule has 1 aromatic rings. The fraction of sp³-hybridized carbons (Fsp3) is 0.714. The van der Waals surface area contributed by atoms with Crippen LogP contribution in [0.5, 0.6) is 0 Å². The van der Waals surface area contributed by atoms with Gasteiger partial charge in [-0.1, -0.05) is 11.6 Å². The molecule has 0 saturated carbocycles. The van der Waals surface area contributed by atoms with Crippen LogP contribution in [0.2, 0.25) is 5.15 Å². The second-order valence-corrected chi connectivity index (χ2v) is 5.83. The minimum absolute atomic E-state index is 0.409. The highest BCUT2D eigenvalue weighted by Gasteiger charge is 2.31. The molecule has 3 heterocycles. The van der Waals surface area contributed by atoms with Gasteiger partial charge in [0.05, 0.1) is 32.2 Å². The molecule has 0 aliphatic carbocycles. The van der Waals surface area contributed by atoms with E-state index in [4.69, 9.17) is 21.1 Å². The van der Waals surface area contributed by atoms with Crippen molar-refractivity contribution in [1.29, 1.82) is 0 Å². The molecule has 2 aliphatic rings. The van der Waals surface area contributed by atoms with Crippen molar-refractivity contribution in [3.63, 3.8) is 0 Å². The molecule has 7 heteroatoms. The molecule has 3 rings (SSSR count). The van der Waals surface area contributed by atoms with Gasteiger partial charge in [0.25, 0.3) is 0 Å². The van der Waals surface area contributed by atoms with E-state index in [0.29, 0.717) is 17.1 Å². The lowest BCUT2D eigenvalue weighted by Crippen LogP contribution is -2.50. The molecule has 0 aromatic carbocycles. The zero-order valence-electron chi connectivity index (χ0n) is 12.0. The maximum atomic E-state index is 5.88. The van der Waals surface area contributed by atoms with Crippen LogP contribution in [0.4, 0.5) is 5.82 Å². The predicted octanol–water partition coefficient (Wildman–Crippen LogP) is 1.28. The highest BCUT2D eigenvalue weighted by Crippen LogP contribution is 2.22. The molecule has 2 atom stereocenters. The topological polar surface area (TPSA) is 59.5 Å². The van der Waals surface area contributed by atoms with E-state index in [-0.39, 0.29) is 0 Å². The van der Waals surface area contributed by atoms with Gasteiger partial charge in [-0.15, -0.1) is 0 Å². The lowest BCUT2D eigenvalue weighted by atomic mass is 9.97. The number of anilines is 1. The molecule has 0 radical (unpaired) electrons. The van der Waals surface area contributed by atoms with Crippen molar-refractivity contribution in [2.24, 2.45) is 5.92 Å².